The third-order valence-corrected chi connectivity index (χ3v) is 5.42. The summed E-state index contributed by atoms with van der Waals surface area (Å²) in [5, 5.41) is -0.239. The van der Waals surface area contributed by atoms with Crippen molar-refractivity contribution >= 4 is 23.3 Å². The van der Waals surface area contributed by atoms with Gasteiger partial charge in [0.2, 0.25) is 0 Å². The standard InChI is InChI=1S/C23H20O2S/c1-26-23(19-15-9-4-10-16-19)20(21(24)17-11-5-2-6-12-17)22(25)18-13-7-3-8-14-18/h2-16,20,23H,1H3. The van der Waals surface area contributed by atoms with Crippen molar-refractivity contribution in [2.75, 3.05) is 6.26 Å². The molecule has 1 unspecified atom stereocenters. The van der Waals surface area contributed by atoms with E-state index in [2.05, 4.69) is 0 Å². The van der Waals surface area contributed by atoms with Crippen molar-refractivity contribution in [3.8, 4) is 0 Å². The second-order valence-corrected chi connectivity index (χ2v) is 6.98. The molecule has 3 heteroatoms. The number of Topliss-reactive ketones (excluding diaryl/α,β-unsaturated/α-hetero) is 2. The molecule has 3 aromatic rings. The predicted octanol–water partition coefficient (Wildman–Crippen LogP) is 5.47. The van der Waals surface area contributed by atoms with Gasteiger partial charge in [0.1, 0.15) is 5.92 Å². The third kappa shape index (κ3) is 3.94. The molecule has 0 saturated carbocycles. The molecular weight excluding hydrogens is 340 g/mol. The number of ketones is 2. The molecule has 0 N–H and O–H groups in total. The first-order valence-electron chi connectivity index (χ1n) is 8.48. The highest BCUT2D eigenvalue weighted by Crippen LogP contribution is 2.38. The molecule has 0 saturated heterocycles. The molecule has 3 aromatic carbocycles. The molecule has 1 atom stereocenters. The van der Waals surface area contributed by atoms with Crippen molar-refractivity contribution in [2.24, 2.45) is 5.92 Å². The second kappa shape index (κ2) is 8.63. The first-order chi connectivity index (χ1) is 12.7. The van der Waals surface area contributed by atoms with Gasteiger partial charge in [-0.2, -0.15) is 11.8 Å². The van der Waals surface area contributed by atoms with E-state index in [9.17, 15) is 9.59 Å². The van der Waals surface area contributed by atoms with Crippen molar-refractivity contribution in [1.82, 2.24) is 0 Å². The maximum atomic E-state index is 13.3. The number of carbonyl (C=O) groups excluding carboxylic acids is 2. The highest BCUT2D eigenvalue weighted by molar-refractivity contribution is 7.98. The van der Waals surface area contributed by atoms with E-state index >= 15 is 0 Å². The molecule has 0 bridgehead atoms. The Morgan fingerprint density at radius 3 is 1.42 bits per heavy atom. The maximum Gasteiger partial charge on any atom is 0.175 e. The minimum Gasteiger partial charge on any atom is -0.293 e. The van der Waals surface area contributed by atoms with Gasteiger partial charge < -0.3 is 0 Å². The molecule has 0 amide bonds. The lowest BCUT2D eigenvalue weighted by molar-refractivity contribution is 0.0804. The van der Waals surface area contributed by atoms with Crippen LogP contribution in [0.25, 0.3) is 0 Å². The number of hydrogen-bond acceptors (Lipinski definition) is 3. The van der Waals surface area contributed by atoms with E-state index < -0.39 is 5.92 Å². The summed E-state index contributed by atoms with van der Waals surface area (Å²) in [5.74, 6) is -1.04. The van der Waals surface area contributed by atoms with Crippen molar-refractivity contribution in [2.45, 2.75) is 5.25 Å². The number of benzene rings is 3. The summed E-state index contributed by atoms with van der Waals surface area (Å²) in [6.45, 7) is 0. The number of carbonyl (C=O) groups is 2. The molecule has 0 aliphatic heterocycles. The average Bonchev–Trinajstić information content (AvgIpc) is 2.73. The number of hydrogen-bond donors (Lipinski definition) is 0. The Bertz CT molecular complexity index is 809. The SMILES string of the molecule is CSC(c1ccccc1)C(C(=O)c1ccccc1)C(=O)c1ccccc1. The van der Waals surface area contributed by atoms with E-state index in [4.69, 9.17) is 0 Å². The lowest BCUT2D eigenvalue weighted by Gasteiger charge is -2.24. The van der Waals surface area contributed by atoms with E-state index in [1.165, 1.54) is 11.8 Å². The van der Waals surface area contributed by atoms with E-state index in [-0.39, 0.29) is 16.8 Å². The van der Waals surface area contributed by atoms with Crippen molar-refractivity contribution in [1.29, 1.82) is 0 Å². The summed E-state index contributed by atoms with van der Waals surface area (Å²) in [4.78, 5) is 26.6. The number of rotatable bonds is 7. The molecule has 0 fully saturated rings. The van der Waals surface area contributed by atoms with Crippen LogP contribution in [0.1, 0.15) is 31.5 Å². The number of thioether (sulfide) groups is 1. The molecule has 0 aliphatic carbocycles. The van der Waals surface area contributed by atoms with E-state index in [1.807, 2.05) is 73.0 Å². The van der Waals surface area contributed by atoms with Crippen LogP contribution in [0.3, 0.4) is 0 Å². The zero-order valence-electron chi connectivity index (χ0n) is 14.5. The lowest BCUT2D eigenvalue weighted by Crippen LogP contribution is -2.29. The molecule has 0 radical (unpaired) electrons. The quantitative estimate of drug-likeness (QED) is 0.414. The zero-order chi connectivity index (χ0) is 18.4. The summed E-state index contributed by atoms with van der Waals surface area (Å²) in [6.07, 6.45) is 1.95. The third-order valence-electron chi connectivity index (χ3n) is 4.37. The van der Waals surface area contributed by atoms with Crippen LogP contribution in [-0.4, -0.2) is 17.8 Å². The fourth-order valence-corrected chi connectivity index (χ4v) is 4.01. The van der Waals surface area contributed by atoms with Gasteiger partial charge in [-0.05, 0) is 11.8 Å². The van der Waals surface area contributed by atoms with Crippen LogP contribution in [0, 0.1) is 5.92 Å². The predicted molar refractivity (Wildman–Crippen MR) is 108 cm³/mol. The fourth-order valence-electron chi connectivity index (χ4n) is 3.07. The lowest BCUT2D eigenvalue weighted by atomic mass is 9.84. The monoisotopic (exact) mass is 360 g/mol. The van der Waals surface area contributed by atoms with Gasteiger partial charge in [-0.25, -0.2) is 0 Å². The van der Waals surface area contributed by atoms with Gasteiger partial charge in [-0.15, -0.1) is 0 Å². The second-order valence-electron chi connectivity index (χ2n) is 6.01. The summed E-state index contributed by atoms with van der Waals surface area (Å²) in [6, 6.07) is 27.9. The molecule has 3 rings (SSSR count). The maximum absolute atomic E-state index is 13.3. The van der Waals surface area contributed by atoms with Crippen LogP contribution in [0.5, 0.6) is 0 Å². The Kier molecular flexibility index (Phi) is 6.03. The molecule has 0 aliphatic rings. The topological polar surface area (TPSA) is 34.1 Å². The van der Waals surface area contributed by atoms with Gasteiger partial charge in [0, 0.05) is 16.4 Å². The molecule has 0 heterocycles. The molecular formula is C23H20O2S. The van der Waals surface area contributed by atoms with E-state index in [0.29, 0.717) is 11.1 Å². The molecule has 0 aromatic heterocycles. The summed E-state index contributed by atoms with van der Waals surface area (Å²) < 4.78 is 0. The average molecular weight is 360 g/mol. The Labute approximate surface area is 158 Å². The molecule has 2 nitrogen and oxygen atoms in total. The summed E-state index contributed by atoms with van der Waals surface area (Å²) >= 11 is 1.54. The van der Waals surface area contributed by atoms with Crippen LogP contribution in [0.15, 0.2) is 91.0 Å². The van der Waals surface area contributed by atoms with E-state index in [0.717, 1.165) is 5.56 Å². The van der Waals surface area contributed by atoms with Crippen LogP contribution >= 0.6 is 11.8 Å². The molecule has 0 spiro atoms. The van der Waals surface area contributed by atoms with Crippen LogP contribution in [0.4, 0.5) is 0 Å². The van der Waals surface area contributed by atoms with Crippen molar-refractivity contribution in [3.05, 3.63) is 108 Å². The van der Waals surface area contributed by atoms with Gasteiger partial charge in [0.25, 0.3) is 0 Å². The van der Waals surface area contributed by atoms with Gasteiger partial charge in [-0.3, -0.25) is 9.59 Å². The van der Waals surface area contributed by atoms with Gasteiger partial charge in [-0.1, -0.05) is 91.0 Å². The minimum absolute atomic E-state index is 0.136. The van der Waals surface area contributed by atoms with Crippen LogP contribution in [-0.2, 0) is 0 Å². The van der Waals surface area contributed by atoms with Gasteiger partial charge in [0.15, 0.2) is 11.6 Å². The van der Waals surface area contributed by atoms with Gasteiger partial charge >= 0.3 is 0 Å². The van der Waals surface area contributed by atoms with Gasteiger partial charge in [0.05, 0.1) is 0 Å². The molecule has 130 valence electrons. The van der Waals surface area contributed by atoms with Crippen molar-refractivity contribution in [3.63, 3.8) is 0 Å². The Balaban J connectivity index is 2.06. The molecule has 26 heavy (non-hydrogen) atoms. The van der Waals surface area contributed by atoms with Crippen LogP contribution in [0.2, 0.25) is 0 Å². The summed E-state index contributed by atoms with van der Waals surface area (Å²) in [7, 11) is 0. The highest BCUT2D eigenvalue weighted by atomic mass is 32.2. The Morgan fingerprint density at radius 2 is 1.04 bits per heavy atom. The van der Waals surface area contributed by atoms with E-state index in [1.54, 1.807) is 24.3 Å². The Hall–Kier alpha value is -2.65. The fraction of sp³-hybridized carbons (Fsp3) is 0.130. The highest BCUT2D eigenvalue weighted by Gasteiger charge is 2.36. The first-order valence-corrected chi connectivity index (χ1v) is 9.77. The largest absolute Gasteiger partial charge is 0.293 e. The van der Waals surface area contributed by atoms with Crippen molar-refractivity contribution < 1.29 is 9.59 Å². The first kappa shape index (κ1) is 18.2. The minimum atomic E-state index is -0.766. The normalized spacial score (nSPS) is 11.9. The van der Waals surface area contributed by atoms with Crippen LogP contribution < -0.4 is 0 Å². The Morgan fingerprint density at radius 1 is 0.654 bits per heavy atom. The summed E-state index contributed by atoms with van der Waals surface area (Å²) in [5.41, 5.74) is 2.12. The zero-order valence-corrected chi connectivity index (χ0v) is 15.4. The smallest absolute Gasteiger partial charge is 0.175 e.